The molecular formula is C39H37FN10O5. The van der Waals surface area contributed by atoms with Crippen molar-refractivity contribution in [3.8, 4) is 0 Å². The van der Waals surface area contributed by atoms with Crippen molar-refractivity contribution >= 4 is 69.7 Å². The van der Waals surface area contributed by atoms with Gasteiger partial charge in [0.25, 0.3) is 11.8 Å². The SMILES string of the molecule is C=CC(=O)Nc1cccc(Nc2nc(Nc3ccc(N4CCN(C5CN(c6ccc7c(c6)C(=O)N(C6CCC(=O)NC6=O)C7=O)C5)CC4)cc3)ncc2F)c1. The number of imide groups is 2. The first-order valence-corrected chi connectivity index (χ1v) is 17.9. The fraction of sp³-hybridized carbons (Fsp3) is 0.256. The highest BCUT2D eigenvalue weighted by Gasteiger charge is 2.45. The van der Waals surface area contributed by atoms with Crippen LogP contribution in [0.15, 0.2) is 85.6 Å². The van der Waals surface area contributed by atoms with Gasteiger partial charge in [0, 0.05) is 80.2 Å². The zero-order valence-electron chi connectivity index (χ0n) is 29.6. The molecule has 0 spiro atoms. The Morgan fingerprint density at radius 1 is 0.836 bits per heavy atom. The molecule has 4 N–H and O–H groups in total. The summed E-state index contributed by atoms with van der Waals surface area (Å²) >= 11 is 0. The first kappa shape index (κ1) is 35.4. The molecule has 0 saturated carbocycles. The molecule has 0 aliphatic carbocycles. The van der Waals surface area contributed by atoms with Crippen LogP contribution in [-0.4, -0.2) is 101 Å². The van der Waals surface area contributed by atoms with Gasteiger partial charge in [-0.25, -0.2) is 9.37 Å². The number of rotatable bonds is 10. The highest BCUT2D eigenvalue weighted by Crippen LogP contribution is 2.33. The van der Waals surface area contributed by atoms with Crippen molar-refractivity contribution in [3.63, 3.8) is 0 Å². The van der Waals surface area contributed by atoms with Gasteiger partial charge in [-0.1, -0.05) is 12.6 Å². The smallest absolute Gasteiger partial charge is 0.262 e. The summed E-state index contributed by atoms with van der Waals surface area (Å²) in [7, 11) is 0. The number of nitrogens with one attached hydrogen (secondary N) is 4. The molecule has 0 radical (unpaired) electrons. The quantitative estimate of drug-likeness (QED) is 0.138. The first-order valence-electron chi connectivity index (χ1n) is 17.9. The molecule has 16 heteroatoms. The minimum atomic E-state index is -0.986. The molecule has 4 aromatic rings. The van der Waals surface area contributed by atoms with E-state index >= 15 is 0 Å². The highest BCUT2D eigenvalue weighted by molar-refractivity contribution is 6.23. The Hall–Kier alpha value is -6.68. The number of piperazine rings is 1. The van der Waals surface area contributed by atoms with Gasteiger partial charge in [-0.05, 0) is 73.2 Å². The van der Waals surface area contributed by atoms with Crippen LogP contribution in [0.4, 0.5) is 44.6 Å². The summed E-state index contributed by atoms with van der Waals surface area (Å²) < 4.78 is 14.6. The number of anilines is 7. The van der Waals surface area contributed by atoms with E-state index in [-0.39, 0.29) is 41.6 Å². The van der Waals surface area contributed by atoms with E-state index in [4.69, 9.17) is 0 Å². The van der Waals surface area contributed by atoms with Crippen molar-refractivity contribution in [2.75, 3.05) is 65.0 Å². The van der Waals surface area contributed by atoms with Crippen molar-refractivity contribution in [2.24, 2.45) is 0 Å². The highest BCUT2D eigenvalue weighted by atomic mass is 19.1. The Bertz CT molecular complexity index is 2220. The van der Waals surface area contributed by atoms with Crippen LogP contribution in [0.25, 0.3) is 0 Å². The van der Waals surface area contributed by atoms with Crippen LogP contribution < -0.4 is 31.1 Å². The number of hydrogen-bond donors (Lipinski definition) is 4. The van der Waals surface area contributed by atoms with Gasteiger partial charge in [-0.15, -0.1) is 0 Å². The molecule has 0 bridgehead atoms. The summed E-state index contributed by atoms with van der Waals surface area (Å²) in [5.74, 6) is -2.83. The molecule has 5 heterocycles. The van der Waals surface area contributed by atoms with Crippen LogP contribution in [0.1, 0.15) is 33.6 Å². The van der Waals surface area contributed by atoms with Crippen LogP contribution in [-0.2, 0) is 14.4 Å². The van der Waals surface area contributed by atoms with E-state index < -0.39 is 35.5 Å². The van der Waals surface area contributed by atoms with Crippen LogP contribution in [0.5, 0.6) is 0 Å². The van der Waals surface area contributed by atoms with Gasteiger partial charge in [0.1, 0.15) is 6.04 Å². The second-order valence-corrected chi connectivity index (χ2v) is 13.7. The molecule has 1 unspecified atom stereocenters. The summed E-state index contributed by atoms with van der Waals surface area (Å²) in [6.07, 6.45) is 2.46. The zero-order chi connectivity index (χ0) is 38.2. The number of carbonyl (C=O) groups is 5. The Kier molecular flexibility index (Phi) is 9.40. The number of piperidine rings is 1. The fourth-order valence-electron chi connectivity index (χ4n) is 7.30. The van der Waals surface area contributed by atoms with Crippen molar-refractivity contribution < 1.29 is 28.4 Å². The third-order valence-corrected chi connectivity index (χ3v) is 10.3. The molecule has 280 valence electrons. The van der Waals surface area contributed by atoms with E-state index in [0.29, 0.717) is 17.4 Å². The first-order chi connectivity index (χ1) is 26.6. The molecule has 8 rings (SSSR count). The monoisotopic (exact) mass is 744 g/mol. The number of fused-ring (bicyclic) bond motifs is 1. The van der Waals surface area contributed by atoms with E-state index in [0.717, 1.165) is 67.4 Å². The summed E-state index contributed by atoms with van der Waals surface area (Å²) in [5, 5.41) is 11.0. The second-order valence-electron chi connectivity index (χ2n) is 13.7. The number of carbonyl (C=O) groups excluding carboxylic acids is 5. The molecule has 3 fully saturated rings. The zero-order valence-corrected chi connectivity index (χ0v) is 29.6. The lowest BCUT2D eigenvalue weighted by molar-refractivity contribution is -0.136. The summed E-state index contributed by atoms with van der Waals surface area (Å²) in [6.45, 7) is 8.51. The lowest BCUT2D eigenvalue weighted by Crippen LogP contribution is -2.63. The van der Waals surface area contributed by atoms with Gasteiger partial charge >= 0.3 is 0 Å². The average Bonchev–Trinajstić information content (AvgIpc) is 3.41. The molecule has 4 aliphatic heterocycles. The Balaban J connectivity index is 0.823. The van der Waals surface area contributed by atoms with Crippen LogP contribution in [0, 0.1) is 5.82 Å². The Morgan fingerprint density at radius 2 is 1.56 bits per heavy atom. The minimum absolute atomic E-state index is 0.0222. The van der Waals surface area contributed by atoms with Crippen molar-refractivity contribution in [1.82, 2.24) is 25.1 Å². The third kappa shape index (κ3) is 7.18. The average molecular weight is 745 g/mol. The largest absolute Gasteiger partial charge is 0.369 e. The molecule has 1 atom stereocenters. The fourth-order valence-corrected chi connectivity index (χ4v) is 7.30. The number of halogens is 1. The molecule has 1 aromatic heterocycles. The predicted molar refractivity (Wildman–Crippen MR) is 203 cm³/mol. The van der Waals surface area contributed by atoms with Gasteiger partial charge in [0.15, 0.2) is 11.6 Å². The molecule has 5 amide bonds. The normalized spacial score (nSPS) is 18.8. The maximum absolute atomic E-state index is 14.6. The van der Waals surface area contributed by atoms with E-state index in [2.05, 4.69) is 52.5 Å². The van der Waals surface area contributed by atoms with Crippen molar-refractivity contribution in [2.45, 2.75) is 24.9 Å². The van der Waals surface area contributed by atoms with Crippen LogP contribution >= 0.6 is 0 Å². The predicted octanol–water partition coefficient (Wildman–Crippen LogP) is 3.64. The standard InChI is InChI=1S/C39H37FN10O5/c1-2-33(51)42-24-4-3-5-25(18-24)43-35-31(40)20-41-39(46-35)44-23-6-8-26(9-7-23)47-14-16-48(17-15-47)28-21-49(22-28)27-10-11-29-30(19-27)38(55)50(37(29)54)32-12-13-34(52)45-36(32)53/h2-11,18-20,28,32H,1,12-17,21-22H2,(H,42,51)(H,45,52,53)(H2,41,43,44,46). The van der Waals surface area contributed by atoms with Gasteiger partial charge < -0.3 is 25.8 Å². The summed E-state index contributed by atoms with van der Waals surface area (Å²) in [5.41, 5.74) is 4.29. The Labute approximate surface area is 315 Å². The molecule has 3 aromatic carbocycles. The van der Waals surface area contributed by atoms with Gasteiger partial charge in [0.05, 0.1) is 17.3 Å². The molecule has 15 nitrogen and oxygen atoms in total. The van der Waals surface area contributed by atoms with E-state index in [9.17, 15) is 28.4 Å². The molecule has 4 aliphatic rings. The van der Waals surface area contributed by atoms with Gasteiger partial charge in [0.2, 0.25) is 23.7 Å². The molecule has 3 saturated heterocycles. The topological polar surface area (TPSA) is 172 Å². The van der Waals surface area contributed by atoms with Gasteiger partial charge in [-0.3, -0.25) is 39.1 Å². The van der Waals surface area contributed by atoms with E-state index in [1.165, 1.54) is 6.08 Å². The number of nitrogens with zero attached hydrogens (tertiary/aromatic N) is 6. The van der Waals surface area contributed by atoms with E-state index in [1.54, 1.807) is 36.4 Å². The lowest BCUT2D eigenvalue weighted by Gasteiger charge is -2.49. The third-order valence-electron chi connectivity index (χ3n) is 10.3. The number of hydrogen-bond acceptors (Lipinski definition) is 12. The summed E-state index contributed by atoms with van der Waals surface area (Å²) in [6, 6.07) is 19.3. The summed E-state index contributed by atoms with van der Waals surface area (Å²) in [4.78, 5) is 78.3. The molecular weight excluding hydrogens is 707 g/mol. The Morgan fingerprint density at radius 3 is 2.31 bits per heavy atom. The molecule has 55 heavy (non-hydrogen) atoms. The minimum Gasteiger partial charge on any atom is -0.369 e. The van der Waals surface area contributed by atoms with Crippen LogP contribution in [0.2, 0.25) is 0 Å². The van der Waals surface area contributed by atoms with E-state index in [1.807, 2.05) is 30.3 Å². The lowest BCUT2D eigenvalue weighted by atomic mass is 10.0. The second kappa shape index (κ2) is 14.6. The number of benzene rings is 3. The number of aromatic nitrogens is 2. The van der Waals surface area contributed by atoms with Gasteiger partial charge in [-0.2, -0.15) is 4.98 Å². The number of amides is 5. The maximum atomic E-state index is 14.6. The maximum Gasteiger partial charge on any atom is 0.262 e. The van der Waals surface area contributed by atoms with Crippen LogP contribution in [0.3, 0.4) is 0 Å². The van der Waals surface area contributed by atoms with Crippen molar-refractivity contribution in [3.05, 3.63) is 103 Å². The van der Waals surface area contributed by atoms with Crippen molar-refractivity contribution in [1.29, 1.82) is 0 Å².